The van der Waals surface area contributed by atoms with Crippen LogP contribution in [0.15, 0.2) is 18.2 Å². The highest BCUT2D eigenvalue weighted by Crippen LogP contribution is 2.49. The Morgan fingerprint density at radius 2 is 1.76 bits per heavy atom. The molecular formula is C7H10NO7P2+. The van der Waals surface area contributed by atoms with Crippen LogP contribution in [0, 0.1) is 0 Å². The molecule has 10 heteroatoms. The van der Waals surface area contributed by atoms with Gasteiger partial charge >= 0.3 is 21.1 Å². The number of rotatable bonds is 3. The summed E-state index contributed by atoms with van der Waals surface area (Å²) in [6, 6.07) is 2.66. The van der Waals surface area contributed by atoms with E-state index >= 15 is 0 Å². The highest BCUT2D eigenvalue weighted by molar-refractivity contribution is 7.76. The minimum absolute atomic E-state index is 0.364. The van der Waals surface area contributed by atoms with Crippen molar-refractivity contribution >= 4 is 32.1 Å². The summed E-state index contributed by atoms with van der Waals surface area (Å²) < 4.78 is 10.9. The second kappa shape index (κ2) is 4.44. The third-order valence-corrected chi connectivity index (χ3v) is 3.61. The molecule has 0 aliphatic rings. The van der Waals surface area contributed by atoms with Crippen molar-refractivity contribution in [2.24, 2.45) is 0 Å². The fraction of sp³-hybridized carbons (Fsp3) is 0. The number of hydrogen-bond acceptors (Lipinski definition) is 6. The fourth-order valence-corrected chi connectivity index (χ4v) is 2.19. The van der Waals surface area contributed by atoms with Gasteiger partial charge in [-0.15, -0.1) is 0 Å². The van der Waals surface area contributed by atoms with Crippen molar-refractivity contribution in [1.82, 2.24) is 0 Å². The summed E-state index contributed by atoms with van der Waals surface area (Å²) in [6.07, 6.45) is 0. The van der Waals surface area contributed by atoms with Gasteiger partial charge in [-0.2, -0.15) is 14.7 Å². The first-order valence-electron chi connectivity index (χ1n) is 4.11. The van der Waals surface area contributed by atoms with Crippen LogP contribution in [0.4, 0.5) is 5.69 Å². The molecule has 1 rings (SSSR count). The van der Waals surface area contributed by atoms with E-state index in [1.54, 1.807) is 0 Å². The molecule has 0 aromatic heterocycles. The zero-order valence-corrected chi connectivity index (χ0v) is 10.0. The molecule has 7 N–H and O–H groups in total. The lowest BCUT2D eigenvalue weighted by Crippen LogP contribution is -2.12. The van der Waals surface area contributed by atoms with Crippen molar-refractivity contribution in [3.63, 3.8) is 0 Å². The van der Waals surface area contributed by atoms with Gasteiger partial charge in [-0.05, 0) is 18.2 Å². The third kappa shape index (κ3) is 3.31. The summed E-state index contributed by atoms with van der Waals surface area (Å²) >= 11 is 0. The molecular weight excluding hydrogens is 272 g/mol. The number of nitrogens with two attached hydrogens (primary N) is 1. The normalized spacial score (nSPS) is 12.5. The molecule has 0 bridgehead atoms. The van der Waals surface area contributed by atoms with Crippen LogP contribution in [0.3, 0.4) is 0 Å². The Kier molecular flexibility index (Phi) is 3.71. The van der Waals surface area contributed by atoms with Gasteiger partial charge in [0.05, 0.1) is 10.9 Å². The van der Waals surface area contributed by atoms with Crippen molar-refractivity contribution in [2.75, 3.05) is 5.73 Å². The van der Waals surface area contributed by atoms with E-state index in [-0.39, 0.29) is 5.69 Å². The van der Waals surface area contributed by atoms with Gasteiger partial charge in [-0.25, -0.2) is 4.79 Å². The van der Waals surface area contributed by atoms with Gasteiger partial charge in [0.1, 0.15) is 0 Å². The molecule has 0 aliphatic carbocycles. The minimum atomic E-state index is -4.72. The first kappa shape index (κ1) is 14.2. The standard InChI is InChI=1S/C7H9NO7P2/c8-6-3-4(16(10,11)12)1-2-5(6)7(9)17(13,14)15/h1-3,13-15H,(H3-,8,9,10,11,12)/p+1. The van der Waals surface area contributed by atoms with Crippen LogP contribution >= 0.6 is 15.5 Å². The summed E-state index contributed by atoms with van der Waals surface area (Å²) in [5, 5.41) is -0.413. The number of carbonyl (C=O) groups excluding carboxylic acids is 1. The molecule has 0 fully saturated rings. The fourth-order valence-electron chi connectivity index (χ4n) is 1.09. The molecule has 0 atom stereocenters. The lowest BCUT2D eigenvalue weighted by Gasteiger charge is -2.08. The maximum absolute atomic E-state index is 11.3. The predicted molar refractivity (Wildman–Crippen MR) is 60.4 cm³/mol. The number of anilines is 1. The molecule has 0 saturated carbocycles. The molecule has 1 aromatic rings. The Labute approximate surface area is 96.1 Å². The van der Waals surface area contributed by atoms with E-state index in [1.807, 2.05) is 0 Å². The second-order valence-corrected chi connectivity index (χ2v) is 6.34. The first-order valence-corrected chi connectivity index (χ1v) is 7.37. The van der Waals surface area contributed by atoms with Crippen LogP contribution in [0.1, 0.15) is 10.4 Å². The lowest BCUT2D eigenvalue weighted by atomic mass is 10.2. The maximum Gasteiger partial charge on any atom is 0.483 e. The molecule has 0 aliphatic heterocycles. The quantitative estimate of drug-likeness (QED) is 0.302. The minimum Gasteiger partial charge on any atom is -0.398 e. The van der Waals surface area contributed by atoms with E-state index in [0.29, 0.717) is 0 Å². The smallest absolute Gasteiger partial charge is 0.398 e. The second-order valence-electron chi connectivity index (χ2n) is 3.19. The van der Waals surface area contributed by atoms with Gasteiger partial charge in [0.15, 0.2) is 0 Å². The third-order valence-electron chi connectivity index (χ3n) is 1.87. The van der Waals surface area contributed by atoms with Gasteiger partial charge in [0.25, 0.3) is 0 Å². The summed E-state index contributed by atoms with van der Waals surface area (Å²) in [6.45, 7) is 0. The Hall–Kier alpha value is -0.850. The van der Waals surface area contributed by atoms with Crippen molar-refractivity contribution in [3.05, 3.63) is 23.8 Å². The van der Waals surface area contributed by atoms with Crippen molar-refractivity contribution in [2.45, 2.75) is 0 Å². The number of nitrogen functional groups attached to an aromatic ring is 1. The van der Waals surface area contributed by atoms with E-state index < -0.39 is 31.9 Å². The Morgan fingerprint density at radius 3 is 2.12 bits per heavy atom. The predicted octanol–water partition coefficient (Wildman–Crippen LogP) is -1.05. The van der Waals surface area contributed by atoms with E-state index in [4.69, 9.17) is 30.2 Å². The summed E-state index contributed by atoms with van der Waals surface area (Å²) in [5.74, 6) is 0. The van der Waals surface area contributed by atoms with Crippen LogP contribution < -0.4 is 11.0 Å². The molecule has 0 unspecified atom stereocenters. The topological polar surface area (TPSA) is 161 Å². The van der Waals surface area contributed by atoms with E-state index in [1.165, 1.54) is 0 Å². The molecule has 17 heavy (non-hydrogen) atoms. The SMILES string of the molecule is Nc1cc(P(=O)(O)O)ccc1C(=O)[P+](O)(O)O. The summed E-state index contributed by atoms with van der Waals surface area (Å²) in [7, 11) is -9.23. The molecule has 0 saturated heterocycles. The molecule has 94 valence electrons. The molecule has 0 spiro atoms. The molecule has 1 aromatic carbocycles. The Morgan fingerprint density at radius 1 is 1.24 bits per heavy atom. The van der Waals surface area contributed by atoms with Crippen molar-refractivity contribution < 1.29 is 33.8 Å². The van der Waals surface area contributed by atoms with E-state index in [9.17, 15) is 9.36 Å². The maximum atomic E-state index is 11.3. The first-order chi connectivity index (χ1) is 7.53. The van der Waals surface area contributed by atoms with Crippen LogP contribution in [-0.4, -0.2) is 30.0 Å². The van der Waals surface area contributed by atoms with E-state index in [2.05, 4.69) is 0 Å². The van der Waals surface area contributed by atoms with Gasteiger partial charge in [-0.3, -0.25) is 4.57 Å². The molecule has 8 nitrogen and oxygen atoms in total. The number of carbonyl (C=O) groups is 1. The van der Waals surface area contributed by atoms with E-state index in [0.717, 1.165) is 18.2 Å². The summed E-state index contributed by atoms with van der Waals surface area (Å²) in [5.41, 5.74) is 3.18. The van der Waals surface area contributed by atoms with Gasteiger partial charge in [0, 0.05) is 5.69 Å². The average Bonchev–Trinajstić information content (AvgIpc) is 2.13. The van der Waals surface area contributed by atoms with Crippen LogP contribution in [0.2, 0.25) is 0 Å². The zero-order chi connectivity index (χ0) is 13.4. The highest BCUT2D eigenvalue weighted by atomic mass is 31.2. The highest BCUT2D eigenvalue weighted by Gasteiger charge is 2.44. The van der Waals surface area contributed by atoms with Crippen LogP contribution in [0.5, 0.6) is 0 Å². The van der Waals surface area contributed by atoms with Gasteiger partial charge < -0.3 is 15.5 Å². The van der Waals surface area contributed by atoms with Gasteiger partial charge in [-0.1, -0.05) is 0 Å². The number of benzene rings is 1. The Bertz CT molecular complexity index is 503. The van der Waals surface area contributed by atoms with Crippen LogP contribution in [0.25, 0.3) is 0 Å². The van der Waals surface area contributed by atoms with Gasteiger partial charge in [0.2, 0.25) is 0 Å². The van der Waals surface area contributed by atoms with Crippen molar-refractivity contribution in [1.29, 1.82) is 0 Å². The average molecular weight is 282 g/mol. The lowest BCUT2D eigenvalue weighted by molar-refractivity contribution is 0.102. The van der Waals surface area contributed by atoms with Crippen molar-refractivity contribution in [3.8, 4) is 0 Å². The Balaban J connectivity index is 3.25. The van der Waals surface area contributed by atoms with Crippen LogP contribution in [-0.2, 0) is 4.57 Å². The largest absolute Gasteiger partial charge is 0.483 e. The molecule has 0 radical (unpaired) electrons. The number of hydrogen-bond donors (Lipinski definition) is 6. The zero-order valence-electron chi connectivity index (χ0n) is 8.26. The molecule has 0 heterocycles. The monoisotopic (exact) mass is 282 g/mol. The molecule has 0 amide bonds. The summed E-state index contributed by atoms with van der Waals surface area (Å²) in [4.78, 5) is 55.2.